The van der Waals surface area contributed by atoms with E-state index in [4.69, 9.17) is 4.52 Å². The number of carbonyl (C=O) groups excluding carboxylic acids is 2. The Morgan fingerprint density at radius 3 is 2.53 bits per heavy atom. The summed E-state index contributed by atoms with van der Waals surface area (Å²) in [7, 11) is 0. The first kappa shape index (κ1) is 11.8. The topological polar surface area (TPSA) is 63.4 Å². The third-order valence-electron chi connectivity index (χ3n) is 3.20. The number of ketones is 1. The number of rotatable bonds is 2. The third-order valence-corrected chi connectivity index (χ3v) is 3.20. The molecule has 1 aromatic rings. The molecule has 0 radical (unpaired) electrons. The number of aromatic nitrogens is 1. The van der Waals surface area contributed by atoms with Crippen molar-refractivity contribution in [3.8, 4) is 0 Å². The van der Waals surface area contributed by atoms with Crippen LogP contribution >= 0.6 is 0 Å². The molecule has 1 amide bonds. The van der Waals surface area contributed by atoms with Crippen LogP contribution in [0.2, 0.25) is 0 Å². The second-order valence-corrected chi connectivity index (χ2v) is 4.50. The normalized spacial score (nSPS) is 17.2. The molecule has 0 saturated carbocycles. The van der Waals surface area contributed by atoms with Gasteiger partial charge in [-0.15, -0.1) is 0 Å². The zero-order valence-electron chi connectivity index (χ0n) is 10.1. The van der Waals surface area contributed by atoms with Crippen molar-refractivity contribution in [3.05, 3.63) is 17.5 Å². The van der Waals surface area contributed by atoms with Crippen LogP contribution in [-0.4, -0.2) is 34.8 Å². The van der Waals surface area contributed by atoms with Gasteiger partial charge in [0.05, 0.1) is 0 Å². The molecule has 17 heavy (non-hydrogen) atoms. The molecule has 0 spiro atoms. The maximum absolute atomic E-state index is 12.0. The molecule has 1 aliphatic rings. The SMILES string of the molecule is CC(=O)C1CCN(C(=O)c2cc(C)on2)CC1. The van der Waals surface area contributed by atoms with Gasteiger partial charge in [0.15, 0.2) is 5.69 Å². The second kappa shape index (κ2) is 4.69. The van der Waals surface area contributed by atoms with Crippen LogP contribution < -0.4 is 0 Å². The summed E-state index contributed by atoms with van der Waals surface area (Å²) in [6.07, 6.45) is 1.50. The number of Topliss-reactive ketones (excluding diaryl/α,β-unsaturated/α-hetero) is 1. The first-order chi connectivity index (χ1) is 8.08. The van der Waals surface area contributed by atoms with Crippen molar-refractivity contribution in [2.24, 2.45) is 5.92 Å². The van der Waals surface area contributed by atoms with Gasteiger partial charge >= 0.3 is 0 Å². The Morgan fingerprint density at radius 1 is 1.41 bits per heavy atom. The lowest BCUT2D eigenvalue weighted by atomic mass is 9.93. The molecule has 2 rings (SSSR count). The lowest BCUT2D eigenvalue weighted by molar-refractivity contribution is -0.121. The fourth-order valence-corrected chi connectivity index (χ4v) is 2.12. The predicted octanol–water partition coefficient (Wildman–Crippen LogP) is 1.42. The lowest BCUT2D eigenvalue weighted by Crippen LogP contribution is -2.40. The molecular weight excluding hydrogens is 220 g/mol. The smallest absolute Gasteiger partial charge is 0.276 e. The summed E-state index contributed by atoms with van der Waals surface area (Å²) in [4.78, 5) is 25.0. The summed E-state index contributed by atoms with van der Waals surface area (Å²) in [6, 6.07) is 1.64. The zero-order valence-corrected chi connectivity index (χ0v) is 10.1. The van der Waals surface area contributed by atoms with E-state index in [1.807, 2.05) is 0 Å². The highest BCUT2D eigenvalue weighted by Gasteiger charge is 2.27. The van der Waals surface area contributed by atoms with E-state index >= 15 is 0 Å². The highest BCUT2D eigenvalue weighted by Crippen LogP contribution is 2.19. The first-order valence-corrected chi connectivity index (χ1v) is 5.81. The Morgan fingerprint density at radius 2 is 2.06 bits per heavy atom. The molecule has 5 nitrogen and oxygen atoms in total. The van der Waals surface area contributed by atoms with E-state index in [-0.39, 0.29) is 17.6 Å². The number of piperidine rings is 1. The fourth-order valence-electron chi connectivity index (χ4n) is 2.12. The minimum atomic E-state index is -0.108. The number of hydrogen-bond donors (Lipinski definition) is 0. The number of likely N-dealkylation sites (tertiary alicyclic amines) is 1. The van der Waals surface area contributed by atoms with E-state index in [2.05, 4.69) is 5.16 Å². The number of aryl methyl sites for hydroxylation is 1. The lowest BCUT2D eigenvalue weighted by Gasteiger charge is -2.30. The maximum Gasteiger partial charge on any atom is 0.276 e. The van der Waals surface area contributed by atoms with Crippen molar-refractivity contribution in [1.29, 1.82) is 0 Å². The van der Waals surface area contributed by atoms with Crippen molar-refractivity contribution in [3.63, 3.8) is 0 Å². The van der Waals surface area contributed by atoms with E-state index in [9.17, 15) is 9.59 Å². The summed E-state index contributed by atoms with van der Waals surface area (Å²) in [5.74, 6) is 0.850. The molecule has 0 bridgehead atoms. The Kier molecular flexibility index (Phi) is 3.26. The number of nitrogens with zero attached hydrogens (tertiary/aromatic N) is 2. The van der Waals surface area contributed by atoms with Crippen LogP contribution in [0.25, 0.3) is 0 Å². The standard InChI is InChI=1S/C12H16N2O3/c1-8-7-11(13-17-8)12(16)14-5-3-10(4-6-14)9(2)15/h7,10H,3-6H2,1-2H3. The summed E-state index contributed by atoms with van der Waals surface area (Å²) >= 11 is 0. The summed E-state index contributed by atoms with van der Waals surface area (Å²) in [6.45, 7) is 4.61. The quantitative estimate of drug-likeness (QED) is 0.779. The Labute approximate surface area is 99.8 Å². The molecule has 1 aromatic heterocycles. The van der Waals surface area contributed by atoms with Crippen LogP contribution in [0.4, 0.5) is 0 Å². The van der Waals surface area contributed by atoms with Gasteiger partial charge in [-0.25, -0.2) is 0 Å². The van der Waals surface area contributed by atoms with Gasteiger partial charge in [-0.1, -0.05) is 5.16 Å². The monoisotopic (exact) mass is 236 g/mol. The molecule has 1 fully saturated rings. The predicted molar refractivity (Wildman–Crippen MR) is 60.5 cm³/mol. The molecule has 1 aliphatic heterocycles. The van der Waals surface area contributed by atoms with E-state index in [1.54, 1.807) is 24.8 Å². The van der Waals surface area contributed by atoms with E-state index in [0.717, 1.165) is 12.8 Å². The Bertz CT molecular complexity index is 431. The van der Waals surface area contributed by atoms with Crippen LogP contribution in [0, 0.1) is 12.8 Å². The molecular formula is C12H16N2O3. The highest BCUT2D eigenvalue weighted by molar-refractivity contribution is 5.92. The van der Waals surface area contributed by atoms with Gasteiger partial charge in [0, 0.05) is 25.1 Å². The third kappa shape index (κ3) is 2.54. The number of amides is 1. The maximum atomic E-state index is 12.0. The van der Waals surface area contributed by atoms with Gasteiger partial charge < -0.3 is 9.42 Å². The van der Waals surface area contributed by atoms with Crippen LogP contribution in [0.1, 0.15) is 36.0 Å². The average Bonchev–Trinajstić information content (AvgIpc) is 2.75. The van der Waals surface area contributed by atoms with Gasteiger partial charge in [-0.2, -0.15) is 0 Å². The molecule has 0 N–H and O–H groups in total. The highest BCUT2D eigenvalue weighted by atomic mass is 16.5. The molecule has 0 aromatic carbocycles. The number of carbonyl (C=O) groups is 2. The molecule has 0 atom stereocenters. The molecule has 5 heteroatoms. The Balaban J connectivity index is 1.97. The molecule has 1 saturated heterocycles. The Hall–Kier alpha value is -1.65. The first-order valence-electron chi connectivity index (χ1n) is 5.81. The van der Waals surface area contributed by atoms with Gasteiger partial charge in [0.1, 0.15) is 11.5 Å². The van der Waals surface area contributed by atoms with Crippen molar-refractivity contribution in [2.75, 3.05) is 13.1 Å². The second-order valence-electron chi connectivity index (χ2n) is 4.50. The van der Waals surface area contributed by atoms with Gasteiger partial charge in [0.2, 0.25) is 0 Å². The van der Waals surface area contributed by atoms with Crippen molar-refractivity contribution in [2.45, 2.75) is 26.7 Å². The summed E-state index contributed by atoms with van der Waals surface area (Å²) < 4.78 is 4.88. The minimum Gasteiger partial charge on any atom is -0.361 e. The number of hydrogen-bond acceptors (Lipinski definition) is 4. The van der Waals surface area contributed by atoms with Crippen LogP contribution in [-0.2, 0) is 4.79 Å². The van der Waals surface area contributed by atoms with Crippen molar-refractivity contribution >= 4 is 11.7 Å². The summed E-state index contributed by atoms with van der Waals surface area (Å²) in [5.41, 5.74) is 0.351. The van der Waals surface area contributed by atoms with Crippen molar-refractivity contribution in [1.82, 2.24) is 10.1 Å². The van der Waals surface area contributed by atoms with Crippen LogP contribution in [0.3, 0.4) is 0 Å². The zero-order chi connectivity index (χ0) is 12.4. The van der Waals surface area contributed by atoms with Crippen LogP contribution in [0.5, 0.6) is 0 Å². The van der Waals surface area contributed by atoms with Crippen LogP contribution in [0.15, 0.2) is 10.6 Å². The van der Waals surface area contributed by atoms with E-state index < -0.39 is 0 Å². The van der Waals surface area contributed by atoms with Gasteiger partial charge in [-0.05, 0) is 26.7 Å². The minimum absolute atomic E-state index is 0.108. The van der Waals surface area contributed by atoms with E-state index in [1.165, 1.54) is 0 Å². The summed E-state index contributed by atoms with van der Waals surface area (Å²) in [5, 5.41) is 3.71. The average molecular weight is 236 g/mol. The van der Waals surface area contributed by atoms with Gasteiger partial charge in [0.25, 0.3) is 5.91 Å². The molecule has 2 heterocycles. The van der Waals surface area contributed by atoms with Gasteiger partial charge in [-0.3, -0.25) is 9.59 Å². The largest absolute Gasteiger partial charge is 0.361 e. The molecule has 0 aliphatic carbocycles. The van der Waals surface area contributed by atoms with Crippen molar-refractivity contribution < 1.29 is 14.1 Å². The fraction of sp³-hybridized carbons (Fsp3) is 0.583. The van der Waals surface area contributed by atoms with E-state index in [0.29, 0.717) is 24.5 Å². The molecule has 92 valence electrons. The molecule has 0 unspecified atom stereocenters.